The second kappa shape index (κ2) is 8.39. The number of urea groups is 1. The van der Waals surface area contributed by atoms with Crippen molar-refractivity contribution < 1.29 is 19.1 Å². The number of benzene rings is 1. The molecule has 1 aliphatic rings. The maximum Gasteiger partial charge on any atom is 0.321 e. The van der Waals surface area contributed by atoms with Crippen molar-refractivity contribution in [3.63, 3.8) is 0 Å². The van der Waals surface area contributed by atoms with Crippen molar-refractivity contribution in [2.75, 3.05) is 25.5 Å². The predicted molar refractivity (Wildman–Crippen MR) is 100.0 cm³/mol. The molecule has 1 aromatic carbocycles. The van der Waals surface area contributed by atoms with Crippen molar-refractivity contribution in [1.29, 1.82) is 0 Å². The fourth-order valence-electron chi connectivity index (χ4n) is 2.91. The first kappa shape index (κ1) is 18.5. The van der Waals surface area contributed by atoms with Gasteiger partial charge in [0.05, 0.1) is 13.7 Å². The molecule has 8 nitrogen and oxygen atoms in total. The smallest absolute Gasteiger partial charge is 0.321 e. The van der Waals surface area contributed by atoms with E-state index < -0.39 is 5.91 Å². The van der Waals surface area contributed by atoms with Gasteiger partial charge in [-0.1, -0.05) is 0 Å². The summed E-state index contributed by atoms with van der Waals surface area (Å²) in [6.07, 6.45) is 2.96. The van der Waals surface area contributed by atoms with Crippen LogP contribution < -0.4 is 20.5 Å². The molecule has 27 heavy (non-hydrogen) atoms. The molecule has 0 bridgehead atoms. The number of rotatable bonds is 5. The molecular formula is C19H22N4O4. The molecule has 3 N–H and O–H groups in total. The lowest BCUT2D eigenvalue weighted by Crippen LogP contribution is -2.46. The van der Waals surface area contributed by atoms with Crippen LogP contribution in [0.1, 0.15) is 23.3 Å². The number of nitrogens with zero attached hydrogens (tertiary/aromatic N) is 2. The first-order valence-corrected chi connectivity index (χ1v) is 8.67. The number of carbonyl (C=O) groups excluding carboxylic acids is 2. The van der Waals surface area contributed by atoms with Crippen LogP contribution in [0.15, 0.2) is 42.6 Å². The standard InChI is InChI=1S/C19H22N4O4/c1-26-14-6-4-13(5-7-14)22-19(25)23-10-2-3-16(12-23)27-15-8-9-21-17(11-15)18(20)24/h4-9,11,16H,2-3,10,12H2,1H3,(H2,20,24)(H,22,25). The van der Waals surface area contributed by atoms with Gasteiger partial charge in [-0.15, -0.1) is 0 Å². The summed E-state index contributed by atoms with van der Waals surface area (Å²) in [6, 6.07) is 10.2. The Morgan fingerprint density at radius 3 is 2.70 bits per heavy atom. The number of methoxy groups -OCH3 is 1. The third-order valence-electron chi connectivity index (χ3n) is 4.29. The third kappa shape index (κ3) is 4.87. The van der Waals surface area contributed by atoms with E-state index in [1.54, 1.807) is 42.3 Å². The number of nitrogens with one attached hydrogen (secondary N) is 1. The van der Waals surface area contributed by atoms with Crippen molar-refractivity contribution in [3.05, 3.63) is 48.3 Å². The number of anilines is 1. The largest absolute Gasteiger partial charge is 0.497 e. The number of piperidine rings is 1. The van der Waals surface area contributed by atoms with E-state index in [9.17, 15) is 9.59 Å². The Labute approximate surface area is 157 Å². The van der Waals surface area contributed by atoms with Crippen molar-refractivity contribution in [1.82, 2.24) is 9.88 Å². The first-order valence-electron chi connectivity index (χ1n) is 8.67. The Hall–Kier alpha value is -3.29. The number of likely N-dealkylation sites (tertiary alicyclic amines) is 1. The Morgan fingerprint density at radius 1 is 1.22 bits per heavy atom. The maximum absolute atomic E-state index is 12.5. The average molecular weight is 370 g/mol. The minimum absolute atomic E-state index is 0.150. The number of primary amides is 1. The SMILES string of the molecule is COc1ccc(NC(=O)N2CCCC(Oc3ccnc(C(N)=O)c3)C2)cc1. The molecular weight excluding hydrogens is 348 g/mol. The maximum atomic E-state index is 12.5. The zero-order chi connectivity index (χ0) is 19.2. The van der Waals surface area contributed by atoms with E-state index in [4.69, 9.17) is 15.2 Å². The summed E-state index contributed by atoms with van der Waals surface area (Å²) in [6.45, 7) is 1.11. The number of nitrogens with two attached hydrogens (primary N) is 1. The van der Waals surface area contributed by atoms with Crippen molar-refractivity contribution >= 4 is 17.6 Å². The summed E-state index contributed by atoms with van der Waals surface area (Å²) >= 11 is 0. The lowest BCUT2D eigenvalue weighted by atomic mass is 10.1. The van der Waals surface area contributed by atoms with Crippen LogP contribution in [0.3, 0.4) is 0 Å². The van der Waals surface area contributed by atoms with Gasteiger partial charge in [-0.2, -0.15) is 0 Å². The van der Waals surface area contributed by atoms with Crippen LogP contribution in [0.4, 0.5) is 10.5 Å². The number of aromatic nitrogens is 1. The summed E-state index contributed by atoms with van der Waals surface area (Å²) in [4.78, 5) is 29.4. The normalized spacial score (nSPS) is 16.5. The van der Waals surface area contributed by atoms with Crippen molar-refractivity contribution in [2.24, 2.45) is 5.73 Å². The van der Waals surface area contributed by atoms with Crippen LogP contribution in [0.25, 0.3) is 0 Å². The van der Waals surface area contributed by atoms with Gasteiger partial charge in [-0.05, 0) is 43.2 Å². The molecule has 0 saturated carbocycles. The summed E-state index contributed by atoms with van der Waals surface area (Å²) in [7, 11) is 1.59. The molecule has 3 amide bonds. The highest BCUT2D eigenvalue weighted by atomic mass is 16.5. The Bertz CT molecular complexity index is 810. The molecule has 2 heterocycles. The molecule has 0 aliphatic carbocycles. The zero-order valence-electron chi connectivity index (χ0n) is 15.1. The molecule has 1 unspecified atom stereocenters. The molecule has 1 fully saturated rings. The molecule has 8 heteroatoms. The molecule has 3 rings (SSSR count). The number of hydrogen-bond acceptors (Lipinski definition) is 5. The van der Waals surface area contributed by atoms with Crippen LogP contribution in [0.2, 0.25) is 0 Å². The van der Waals surface area contributed by atoms with E-state index >= 15 is 0 Å². The first-order chi connectivity index (χ1) is 13.0. The van der Waals surface area contributed by atoms with Gasteiger partial charge in [0.25, 0.3) is 5.91 Å². The minimum Gasteiger partial charge on any atom is -0.497 e. The van der Waals surface area contributed by atoms with Gasteiger partial charge in [-0.3, -0.25) is 9.78 Å². The van der Waals surface area contributed by atoms with Gasteiger partial charge < -0.3 is 25.4 Å². The monoisotopic (exact) mass is 370 g/mol. The van der Waals surface area contributed by atoms with E-state index in [1.165, 1.54) is 12.3 Å². The van der Waals surface area contributed by atoms with E-state index in [1.807, 2.05) is 0 Å². The average Bonchev–Trinajstić information content (AvgIpc) is 2.69. The van der Waals surface area contributed by atoms with Gasteiger partial charge in [-0.25, -0.2) is 4.79 Å². The molecule has 1 aliphatic heterocycles. The lowest BCUT2D eigenvalue weighted by molar-refractivity contribution is 0.0989. The van der Waals surface area contributed by atoms with Crippen LogP contribution in [0.5, 0.6) is 11.5 Å². The van der Waals surface area contributed by atoms with Crippen molar-refractivity contribution in [2.45, 2.75) is 18.9 Å². The highest BCUT2D eigenvalue weighted by Gasteiger charge is 2.25. The number of ether oxygens (including phenoxy) is 2. The summed E-state index contributed by atoms with van der Waals surface area (Å²) < 4.78 is 11.0. The third-order valence-corrected chi connectivity index (χ3v) is 4.29. The number of pyridine rings is 1. The van der Waals surface area contributed by atoms with E-state index in [2.05, 4.69) is 10.3 Å². The molecule has 1 aromatic heterocycles. The van der Waals surface area contributed by atoms with E-state index in [0.717, 1.165) is 18.6 Å². The predicted octanol–water partition coefficient (Wildman–Crippen LogP) is 2.26. The fraction of sp³-hybridized carbons (Fsp3) is 0.316. The summed E-state index contributed by atoms with van der Waals surface area (Å²) in [5.74, 6) is 0.637. The summed E-state index contributed by atoms with van der Waals surface area (Å²) in [5.41, 5.74) is 6.09. The topological polar surface area (TPSA) is 107 Å². The van der Waals surface area contributed by atoms with Gasteiger partial charge in [0.15, 0.2) is 0 Å². The number of carbonyl (C=O) groups is 2. The van der Waals surface area contributed by atoms with E-state index in [0.29, 0.717) is 24.5 Å². The second-order valence-corrected chi connectivity index (χ2v) is 6.23. The zero-order valence-corrected chi connectivity index (χ0v) is 15.1. The Kier molecular flexibility index (Phi) is 5.75. The highest BCUT2D eigenvalue weighted by molar-refractivity contribution is 5.91. The molecule has 1 atom stereocenters. The Morgan fingerprint density at radius 2 is 2.00 bits per heavy atom. The molecule has 0 radical (unpaired) electrons. The molecule has 2 aromatic rings. The number of hydrogen-bond donors (Lipinski definition) is 2. The molecule has 0 spiro atoms. The Balaban J connectivity index is 1.59. The second-order valence-electron chi connectivity index (χ2n) is 6.23. The van der Waals surface area contributed by atoms with Crippen molar-refractivity contribution in [3.8, 4) is 11.5 Å². The number of amides is 3. The van der Waals surface area contributed by atoms with Crippen LogP contribution in [0, 0.1) is 0 Å². The minimum atomic E-state index is -0.607. The molecule has 142 valence electrons. The van der Waals surface area contributed by atoms with Gasteiger partial charge in [0.1, 0.15) is 23.3 Å². The van der Waals surface area contributed by atoms with Gasteiger partial charge in [0.2, 0.25) is 0 Å². The lowest BCUT2D eigenvalue weighted by Gasteiger charge is -2.33. The van der Waals surface area contributed by atoms with Crippen LogP contribution in [-0.2, 0) is 0 Å². The van der Waals surface area contributed by atoms with E-state index in [-0.39, 0.29) is 17.8 Å². The quantitative estimate of drug-likeness (QED) is 0.840. The van der Waals surface area contributed by atoms with Crippen LogP contribution in [-0.4, -0.2) is 48.1 Å². The molecule has 1 saturated heterocycles. The fourth-order valence-corrected chi connectivity index (χ4v) is 2.91. The highest BCUT2D eigenvalue weighted by Crippen LogP contribution is 2.20. The van der Waals surface area contributed by atoms with Gasteiger partial charge in [0, 0.05) is 24.5 Å². The summed E-state index contributed by atoms with van der Waals surface area (Å²) in [5, 5.41) is 2.88. The van der Waals surface area contributed by atoms with Gasteiger partial charge >= 0.3 is 6.03 Å². The van der Waals surface area contributed by atoms with Crippen LogP contribution >= 0.6 is 0 Å².